The lowest BCUT2D eigenvalue weighted by Crippen LogP contribution is -2.55. The Morgan fingerprint density at radius 1 is 1.15 bits per heavy atom. The number of rotatable bonds is 6. The molecule has 6 heteroatoms. The van der Waals surface area contributed by atoms with Gasteiger partial charge in [0.25, 0.3) is 0 Å². The maximum atomic E-state index is 12.4. The first-order valence-electron chi connectivity index (χ1n) is 10.2. The van der Waals surface area contributed by atoms with Gasteiger partial charge in [-0.2, -0.15) is 0 Å². The molecule has 0 saturated carbocycles. The van der Waals surface area contributed by atoms with Crippen LogP contribution < -0.4 is 5.32 Å². The largest absolute Gasteiger partial charge is 0.339 e. The van der Waals surface area contributed by atoms with Gasteiger partial charge in [-0.1, -0.05) is 36.8 Å². The minimum atomic E-state index is -0.107. The van der Waals surface area contributed by atoms with Crippen molar-refractivity contribution in [2.75, 3.05) is 46.3 Å². The van der Waals surface area contributed by atoms with Crippen LogP contribution >= 0.6 is 0 Å². The minimum Gasteiger partial charge on any atom is -0.339 e. The first-order valence-corrected chi connectivity index (χ1v) is 10.2. The normalized spacial score (nSPS) is 21.4. The molecule has 1 aromatic carbocycles. The van der Waals surface area contributed by atoms with Gasteiger partial charge in [0.1, 0.15) is 6.54 Å². The molecule has 3 rings (SSSR count). The Kier molecular flexibility index (Phi) is 7.10. The van der Waals surface area contributed by atoms with Crippen molar-refractivity contribution >= 4 is 11.9 Å². The topological polar surface area (TPSA) is 55.9 Å². The molecule has 1 N–H and O–H groups in total. The molecule has 0 radical (unpaired) electrons. The molecule has 2 aliphatic rings. The molecule has 1 unspecified atom stereocenters. The molecule has 1 aromatic rings. The Balaban J connectivity index is 1.37. The van der Waals surface area contributed by atoms with Crippen LogP contribution in [0.3, 0.4) is 0 Å². The highest BCUT2D eigenvalue weighted by atomic mass is 16.2. The van der Waals surface area contributed by atoms with E-state index in [-0.39, 0.29) is 18.5 Å². The maximum Gasteiger partial charge on any atom is 0.317 e. The number of nitrogens with one attached hydrogen (secondary N) is 1. The molecule has 2 saturated heterocycles. The third kappa shape index (κ3) is 5.70. The second-order valence-electron chi connectivity index (χ2n) is 7.69. The summed E-state index contributed by atoms with van der Waals surface area (Å²) in [5.41, 5.74) is 1.23. The van der Waals surface area contributed by atoms with Crippen molar-refractivity contribution in [3.05, 3.63) is 35.9 Å². The molecule has 148 valence electrons. The van der Waals surface area contributed by atoms with E-state index in [2.05, 4.69) is 29.4 Å². The van der Waals surface area contributed by atoms with Gasteiger partial charge in [-0.15, -0.1) is 0 Å². The molecular formula is C21H32N4O2. The number of piperidine rings is 1. The lowest BCUT2D eigenvalue weighted by molar-refractivity contribution is -0.134. The summed E-state index contributed by atoms with van der Waals surface area (Å²) >= 11 is 0. The zero-order valence-corrected chi connectivity index (χ0v) is 16.4. The van der Waals surface area contributed by atoms with Crippen LogP contribution in [0.2, 0.25) is 0 Å². The van der Waals surface area contributed by atoms with Crippen molar-refractivity contribution in [1.29, 1.82) is 0 Å². The number of carbonyl (C=O) groups excluding carboxylic acids is 2. The highest BCUT2D eigenvalue weighted by Crippen LogP contribution is 2.17. The zero-order valence-electron chi connectivity index (χ0n) is 16.4. The first kappa shape index (κ1) is 19.7. The van der Waals surface area contributed by atoms with Crippen LogP contribution in [-0.4, -0.2) is 79.0 Å². The number of benzene rings is 1. The number of piperazine rings is 1. The summed E-state index contributed by atoms with van der Waals surface area (Å²) < 4.78 is 0. The molecular weight excluding hydrogens is 340 g/mol. The second-order valence-corrected chi connectivity index (χ2v) is 7.69. The number of hydrogen-bond donors (Lipinski definition) is 1. The van der Waals surface area contributed by atoms with Gasteiger partial charge in [0.15, 0.2) is 0 Å². The predicted molar refractivity (Wildman–Crippen MR) is 107 cm³/mol. The molecule has 27 heavy (non-hydrogen) atoms. The predicted octanol–water partition coefficient (Wildman–Crippen LogP) is 1.96. The SMILES string of the molecule is CN1CCCCC1CCNC(=O)N1CCN(CCc2ccccc2)C(=O)C1. The van der Waals surface area contributed by atoms with Gasteiger partial charge in [-0.25, -0.2) is 4.79 Å². The van der Waals surface area contributed by atoms with Crippen LogP contribution in [0, 0.1) is 0 Å². The number of carbonyl (C=O) groups is 2. The zero-order chi connectivity index (χ0) is 19.1. The summed E-state index contributed by atoms with van der Waals surface area (Å²) in [5.74, 6) is 0.0411. The monoisotopic (exact) mass is 372 g/mol. The van der Waals surface area contributed by atoms with E-state index in [1.807, 2.05) is 23.1 Å². The standard InChI is InChI=1S/C21H32N4O2/c1-23-13-6-5-9-19(23)10-12-22-21(27)25-16-15-24(20(26)17-25)14-11-18-7-3-2-4-8-18/h2-4,7-8,19H,5-6,9-17H2,1H3,(H,22,27). The van der Waals surface area contributed by atoms with E-state index in [9.17, 15) is 9.59 Å². The number of urea groups is 1. The molecule has 2 fully saturated rings. The van der Waals surface area contributed by atoms with E-state index in [0.717, 1.165) is 19.4 Å². The number of amides is 3. The van der Waals surface area contributed by atoms with Crippen molar-refractivity contribution in [3.63, 3.8) is 0 Å². The second kappa shape index (κ2) is 9.74. The van der Waals surface area contributed by atoms with E-state index in [1.165, 1.54) is 24.8 Å². The van der Waals surface area contributed by atoms with Crippen LogP contribution in [0.15, 0.2) is 30.3 Å². The van der Waals surface area contributed by atoms with Gasteiger partial charge >= 0.3 is 6.03 Å². The van der Waals surface area contributed by atoms with Crippen molar-refractivity contribution in [2.24, 2.45) is 0 Å². The van der Waals surface area contributed by atoms with Crippen LogP contribution in [0.4, 0.5) is 4.79 Å². The van der Waals surface area contributed by atoms with Gasteiger partial charge in [-0.3, -0.25) is 4.79 Å². The van der Waals surface area contributed by atoms with Gasteiger partial charge < -0.3 is 20.0 Å². The summed E-state index contributed by atoms with van der Waals surface area (Å²) in [5, 5.41) is 3.00. The van der Waals surface area contributed by atoms with Gasteiger partial charge in [0.05, 0.1) is 0 Å². The number of nitrogens with zero attached hydrogens (tertiary/aromatic N) is 3. The lowest BCUT2D eigenvalue weighted by Gasteiger charge is -2.35. The Labute approximate surface area is 162 Å². The minimum absolute atomic E-state index is 0.0411. The Hall–Kier alpha value is -2.08. The average Bonchev–Trinajstić information content (AvgIpc) is 2.69. The van der Waals surface area contributed by atoms with Crippen molar-refractivity contribution < 1.29 is 9.59 Å². The molecule has 0 aliphatic carbocycles. The fourth-order valence-electron chi connectivity index (χ4n) is 3.99. The van der Waals surface area contributed by atoms with Gasteiger partial charge in [0.2, 0.25) is 5.91 Å². The molecule has 0 bridgehead atoms. The molecule has 2 heterocycles. The fourth-order valence-corrected chi connectivity index (χ4v) is 3.99. The smallest absolute Gasteiger partial charge is 0.317 e. The molecule has 0 aromatic heterocycles. The number of likely N-dealkylation sites (tertiary alicyclic amines) is 1. The van der Waals surface area contributed by atoms with Crippen molar-refractivity contribution in [2.45, 2.75) is 38.1 Å². The third-order valence-electron chi connectivity index (χ3n) is 5.79. The van der Waals surface area contributed by atoms with E-state index in [1.54, 1.807) is 4.90 Å². The van der Waals surface area contributed by atoms with E-state index in [4.69, 9.17) is 0 Å². The van der Waals surface area contributed by atoms with Crippen LogP contribution in [0.1, 0.15) is 31.2 Å². The quantitative estimate of drug-likeness (QED) is 0.831. The summed E-state index contributed by atoms with van der Waals surface area (Å²) in [6, 6.07) is 10.7. The Bertz CT molecular complexity index is 622. The summed E-state index contributed by atoms with van der Waals surface area (Å²) in [6.07, 6.45) is 5.60. The summed E-state index contributed by atoms with van der Waals surface area (Å²) in [6.45, 7) is 3.95. The van der Waals surface area contributed by atoms with Crippen molar-refractivity contribution in [3.8, 4) is 0 Å². The molecule has 2 aliphatic heterocycles. The fraction of sp³-hybridized carbons (Fsp3) is 0.619. The number of hydrogen-bond acceptors (Lipinski definition) is 3. The Morgan fingerprint density at radius 3 is 2.70 bits per heavy atom. The summed E-state index contributed by atoms with van der Waals surface area (Å²) in [7, 11) is 2.17. The van der Waals surface area contributed by atoms with E-state index in [0.29, 0.717) is 32.2 Å². The van der Waals surface area contributed by atoms with E-state index >= 15 is 0 Å². The van der Waals surface area contributed by atoms with Gasteiger partial charge in [-0.05, 0) is 44.8 Å². The van der Waals surface area contributed by atoms with Gasteiger partial charge in [0, 0.05) is 32.2 Å². The lowest BCUT2D eigenvalue weighted by atomic mass is 10.0. The molecule has 0 spiro atoms. The molecule has 3 amide bonds. The van der Waals surface area contributed by atoms with E-state index < -0.39 is 0 Å². The maximum absolute atomic E-state index is 12.4. The Morgan fingerprint density at radius 2 is 1.96 bits per heavy atom. The highest BCUT2D eigenvalue weighted by Gasteiger charge is 2.27. The van der Waals surface area contributed by atoms with Crippen LogP contribution in [0.25, 0.3) is 0 Å². The van der Waals surface area contributed by atoms with Crippen molar-refractivity contribution in [1.82, 2.24) is 20.0 Å². The van der Waals surface area contributed by atoms with Crippen LogP contribution in [0.5, 0.6) is 0 Å². The first-order chi connectivity index (χ1) is 13.1. The van der Waals surface area contributed by atoms with Crippen LogP contribution in [-0.2, 0) is 11.2 Å². The molecule has 1 atom stereocenters. The molecule has 6 nitrogen and oxygen atoms in total. The highest BCUT2D eigenvalue weighted by molar-refractivity contribution is 5.85. The third-order valence-corrected chi connectivity index (χ3v) is 5.79. The average molecular weight is 373 g/mol. The summed E-state index contributed by atoms with van der Waals surface area (Å²) in [4.78, 5) is 30.7.